The number of para-hydroxylation sites is 2. The summed E-state index contributed by atoms with van der Waals surface area (Å²) in [5.74, 6) is -1.07. The highest BCUT2D eigenvalue weighted by Crippen LogP contribution is 2.38. The molecule has 0 spiro atoms. The number of carbonyl (C=O) groups is 2. The van der Waals surface area contributed by atoms with E-state index in [0.717, 1.165) is 10.8 Å². The minimum atomic E-state index is -0.827. The summed E-state index contributed by atoms with van der Waals surface area (Å²) >= 11 is 3.40. The Labute approximate surface area is 231 Å². The number of amides is 1. The van der Waals surface area contributed by atoms with Crippen LogP contribution in [-0.2, 0) is 4.79 Å². The summed E-state index contributed by atoms with van der Waals surface area (Å²) in [6.07, 6.45) is 1.30. The van der Waals surface area contributed by atoms with Gasteiger partial charge in [-0.3, -0.25) is 14.9 Å². The Morgan fingerprint density at radius 2 is 1.79 bits per heavy atom. The second-order valence-corrected chi connectivity index (χ2v) is 8.93. The van der Waals surface area contributed by atoms with Crippen LogP contribution < -0.4 is 14.8 Å². The molecule has 1 N–H and O–H groups in total. The van der Waals surface area contributed by atoms with E-state index in [2.05, 4.69) is 21.2 Å². The van der Waals surface area contributed by atoms with Crippen molar-refractivity contribution in [3.8, 4) is 17.6 Å². The third kappa shape index (κ3) is 6.11. The Morgan fingerprint density at radius 3 is 2.54 bits per heavy atom. The molecule has 4 rings (SSSR count). The lowest BCUT2D eigenvalue weighted by Crippen LogP contribution is -2.14. The molecule has 9 nitrogen and oxygen atoms in total. The summed E-state index contributed by atoms with van der Waals surface area (Å²) < 4.78 is 11.8. The first kappa shape index (κ1) is 27.0. The first-order valence-corrected chi connectivity index (χ1v) is 12.4. The van der Waals surface area contributed by atoms with Gasteiger partial charge in [-0.05, 0) is 69.5 Å². The molecular formula is C29H20BrN3O6. The number of carbonyl (C=O) groups excluding carboxylic acids is 2. The van der Waals surface area contributed by atoms with E-state index < -0.39 is 16.8 Å². The molecule has 0 heterocycles. The van der Waals surface area contributed by atoms with E-state index >= 15 is 0 Å². The second kappa shape index (κ2) is 12.0. The SMILES string of the molecule is CCOc1cc(/C=C(\C#N)C(=O)Nc2ccccc2[N+](=O)[O-])cc(Br)c1OC(=O)c1cccc2ccccc12. The zero-order chi connectivity index (χ0) is 27.9. The fourth-order valence-corrected chi connectivity index (χ4v) is 4.37. The van der Waals surface area contributed by atoms with Crippen LogP contribution in [-0.4, -0.2) is 23.4 Å². The molecule has 0 aliphatic rings. The number of ether oxygens (including phenoxy) is 2. The molecule has 4 aromatic carbocycles. The Kier molecular flexibility index (Phi) is 8.33. The van der Waals surface area contributed by atoms with Crippen LogP contribution in [0.25, 0.3) is 16.8 Å². The Morgan fingerprint density at radius 1 is 1.08 bits per heavy atom. The van der Waals surface area contributed by atoms with E-state index in [-0.39, 0.29) is 35.1 Å². The molecule has 10 heteroatoms. The van der Waals surface area contributed by atoms with Crippen molar-refractivity contribution in [3.63, 3.8) is 0 Å². The molecule has 0 radical (unpaired) electrons. The van der Waals surface area contributed by atoms with Gasteiger partial charge in [-0.15, -0.1) is 0 Å². The van der Waals surface area contributed by atoms with Crippen molar-refractivity contribution in [1.29, 1.82) is 5.26 Å². The van der Waals surface area contributed by atoms with Gasteiger partial charge in [0.2, 0.25) is 0 Å². The highest BCUT2D eigenvalue weighted by molar-refractivity contribution is 9.10. The molecular weight excluding hydrogens is 566 g/mol. The molecule has 0 aliphatic heterocycles. The number of hydrogen-bond acceptors (Lipinski definition) is 7. The number of nitrogens with one attached hydrogen (secondary N) is 1. The predicted octanol–water partition coefficient (Wildman–Crippen LogP) is 6.67. The van der Waals surface area contributed by atoms with Gasteiger partial charge in [0, 0.05) is 6.07 Å². The minimum Gasteiger partial charge on any atom is -0.490 e. The number of benzene rings is 4. The molecule has 0 aromatic heterocycles. The van der Waals surface area contributed by atoms with Crippen molar-refractivity contribution in [2.75, 3.05) is 11.9 Å². The number of fused-ring (bicyclic) bond motifs is 1. The fraction of sp³-hybridized carbons (Fsp3) is 0.0690. The number of rotatable bonds is 8. The lowest BCUT2D eigenvalue weighted by atomic mass is 10.0. The molecule has 39 heavy (non-hydrogen) atoms. The van der Waals surface area contributed by atoms with Crippen LogP contribution in [0.5, 0.6) is 11.5 Å². The van der Waals surface area contributed by atoms with Crippen LogP contribution in [0.2, 0.25) is 0 Å². The van der Waals surface area contributed by atoms with E-state index in [1.807, 2.05) is 36.4 Å². The maximum absolute atomic E-state index is 13.1. The quantitative estimate of drug-likeness (QED) is 0.0609. The molecule has 0 atom stereocenters. The number of anilines is 1. The maximum Gasteiger partial charge on any atom is 0.344 e. The first-order valence-electron chi connectivity index (χ1n) is 11.6. The Hall–Kier alpha value is -5.01. The van der Waals surface area contributed by atoms with Crippen LogP contribution in [0.1, 0.15) is 22.8 Å². The highest BCUT2D eigenvalue weighted by Gasteiger charge is 2.20. The van der Waals surface area contributed by atoms with Gasteiger partial charge < -0.3 is 14.8 Å². The van der Waals surface area contributed by atoms with Gasteiger partial charge in [0.15, 0.2) is 11.5 Å². The first-order chi connectivity index (χ1) is 18.8. The summed E-state index contributed by atoms with van der Waals surface area (Å²) in [6, 6.07) is 23.3. The molecule has 194 valence electrons. The zero-order valence-electron chi connectivity index (χ0n) is 20.5. The second-order valence-electron chi connectivity index (χ2n) is 8.08. The number of halogens is 1. The lowest BCUT2D eigenvalue weighted by molar-refractivity contribution is -0.383. The largest absolute Gasteiger partial charge is 0.490 e. The third-order valence-corrected chi connectivity index (χ3v) is 6.15. The van der Waals surface area contributed by atoms with Crippen molar-refractivity contribution in [2.45, 2.75) is 6.92 Å². The van der Waals surface area contributed by atoms with Crippen molar-refractivity contribution in [2.24, 2.45) is 0 Å². The summed E-state index contributed by atoms with van der Waals surface area (Å²) in [6.45, 7) is 2.01. The van der Waals surface area contributed by atoms with Gasteiger partial charge in [-0.25, -0.2) is 4.79 Å². The third-order valence-electron chi connectivity index (χ3n) is 5.56. The van der Waals surface area contributed by atoms with Crippen molar-refractivity contribution < 1.29 is 24.0 Å². The number of nitriles is 1. The average molecular weight is 586 g/mol. The molecule has 0 fully saturated rings. The average Bonchev–Trinajstić information content (AvgIpc) is 2.93. The van der Waals surface area contributed by atoms with Crippen molar-refractivity contribution in [3.05, 3.63) is 110 Å². The standard InChI is InChI=1S/C29H20BrN3O6/c1-2-38-26-16-18(14-20(17-31)28(34)32-24-12-5-6-13-25(24)33(36)37)15-23(30)27(26)39-29(35)22-11-7-9-19-8-3-4-10-21(19)22/h3-16H,2H2,1H3,(H,32,34)/b20-14+. The number of esters is 1. The maximum atomic E-state index is 13.1. The van der Waals surface area contributed by atoms with Crippen LogP contribution >= 0.6 is 15.9 Å². The number of nitro groups is 1. The molecule has 0 bridgehead atoms. The van der Waals surface area contributed by atoms with E-state index in [4.69, 9.17) is 9.47 Å². The summed E-state index contributed by atoms with van der Waals surface area (Å²) in [4.78, 5) is 36.5. The summed E-state index contributed by atoms with van der Waals surface area (Å²) in [7, 11) is 0. The normalized spacial score (nSPS) is 10.9. The monoisotopic (exact) mass is 585 g/mol. The topological polar surface area (TPSA) is 132 Å². The predicted molar refractivity (Wildman–Crippen MR) is 150 cm³/mol. The molecule has 1 amide bonds. The van der Waals surface area contributed by atoms with Crippen LogP contribution in [0.15, 0.2) is 88.9 Å². The van der Waals surface area contributed by atoms with E-state index in [9.17, 15) is 25.0 Å². The summed E-state index contributed by atoms with van der Waals surface area (Å²) in [5.41, 5.74) is 0.125. The van der Waals surface area contributed by atoms with Crippen LogP contribution in [0.4, 0.5) is 11.4 Å². The van der Waals surface area contributed by atoms with Gasteiger partial charge in [-0.1, -0.05) is 48.5 Å². The molecule has 0 saturated carbocycles. The molecule has 0 aliphatic carbocycles. The Bertz CT molecular complexity index is 1670. The van der Waals surface area contributed by atoms with Crippen LogP contribution in [0, 0.1) is 21.4 Å². The van der Waals surface area contributed by atoms with E-state index in [0.29, 0.717) is 15.6 Å². The molecule has 4 aromatic rings. The van der Waals surface area contributed by atoms with Gasteiger partial charge in [0.25, 0.3) is 11.6 Å². The smallest absolute Gasteiger partial charge is 0.344 e. The van der Waals surface area contributed by atoms with Crippen molar-refractivity contribution >= 4 is 56.0 Å². The van der Waals surface area contributed by atoms with Crippen molar-refractivity contribution in [1.82, 2.24) is 0 Å². The molecule has 0 saturated heterocycles. The van der Waals surface area contributed by atoms with Crippen LogP contribution in [0.3, 0.4) is 0 Å². The minimum absolute atomic E-state index is 0.0412. The number of hydrogen-bond donors (Lipinski definition) is 1. The van der Waals surface area contributed by atoms with Gasteiger partial charge >= 0.3 is 5.97 Å². The fourth-order valence-electron chi connectivity index (χ4n) is 3.83. The number of nitro benzene ring substituents is 1. The Balaban J connectivity index is 1.65. The van der Waals surface area contributed by atoms with Gasteiger partial charge in [-0.2, -0.15) is 5.26 Å². The number of nitrogens with zero attached hydrogens (tertiary/aromatic N) is 2. The zero-order valence-corrected chi connectivity index (χ0v) is 22.1. The van der Waals surface area contributed by atoms with E-state index in [1.54, 1.807) is 25.1 Å². The molecule has 0 unspecified atom stereocenters. The van der Waals surface area contributed by atoms with Gasteiger partial charge in [0.05, 0.1) is 21.6 Å². The highest BCUT2D eigenvalue weighted by atomic mass is 79.9. The summed E-state index contributed by atoms with van der Waals surface area (Å²) in [5, 5.41) is 24.9. The van der Waals surface area contributed by atoms with Gasteiger partial charge in [0.1, 0.15) is 17.3 Å². The lowest BCUT2D eigenvalue weighted by Gasteiger charge is -2.14. The van der Waals surface area contributed by atoms with E-state index in [1.165, 1.54) is 36.4 Å².